The first kappa shape index (κ1) is 13.8. The van der Waals surface area contributed by atoms with Crippen LogP contribution in [0.5, 0.6) is 0 Å². The van der Waals surface area contributed by atoms with E-state index >= 15 is 0 Å². The van der Waals surface area contributed by atoms with Gasteiger partial charge in [-0.25, -0.2) is 0 Å². The lowest BCUT2D eigenvalue weighted by molar-refractivity contribution is -0.140. The van der Waals surface area contributed by atoms with Gasteiger partial charge in [-0.15, -0.1) is 0 Å². The van der Waals surface area contributed by atoms with Gasteiger partial charge in [0.05, 0.1) is 19.1 Å². The molecule has 1 atom stereocenters. The molecule has 104 valence electrons. The summed E-state index contributed by atoms with van der Waals surface area (Å²) >= 11 is 0. The van der Waals surface area contributed by atoms with Crippen LogP contribution < -0.4 is 0 Å². The van der Waals surface area contributed by atoms with Crippen LogP contribution in [0, 0.1) is 5.92 Å². The molecule has 0 radical (unpaired) electrons. The highest BCUT2D eigenvalue weighted by Crippen LogP contribution is 2.20. The van der Waals surface area contributed by atoms with Crippen molar-refractivity contribution in [3.05, 3.63) is 0 Å². The van der Waals surface area contributed by atoms with Crippen molar-refractivity contribution in [3.8, 4) is 0 Å². The van der Waals surface area contributed by atoms with E-state index in [0.29, 0.717) is 18.4 Å². The predicted molar refractivity (Wildman–Crippen MR) is 68.6 cm³/mol. The first-order valence-corrected chi connectivity index (χ1v) is 6.84. The van der Waals surface area contributed by atoms with Gasteiger partial charge in [-0.05, 0) is 19.8 Å². The summed E-state index contributed by atoms with van der Waals surface area (Å²) in [6, 6.07) is 0.576. The molecular weight excluding hydrogens is 232 g/mol. The number of aliphatic carboxylic acids is 1. The quantitative estimate of drug-likeness (QED) is 0.776. The third-order valence-electron chi connectivity index (χ3n) is 3.86. The normalized spacial score (nSPS) is 27.4. The summed E-state index contributed by atoms with van der Waals surface area (Å²) in [7, 11) is 0. The average Bonchev–Trinajstić information content (AvgIpc) is 2.26. The van der Waals surface area contributed by atoms with Gasteiger partial charge < -0.3 is 14.7 Å². The van der Waals surface area contributed by atoms with Crippen molar-refractivity contribution in [2.75, 3.05) is 39.3 Å². The molecular formula is C13H24N2O3. The van der Waals surface area contributed by atoms with Crippen molar-refractivity contribution in [3.63, 3.8) is 0 Å². The smallest absolute Gasteiger partial charge is 0.303 e. The van der Waals surface area contributed by atoms with Crippen LogP contribution in [-0.2, 0) is 9.53 Å². The lowest BCUT2D eigenvalue weighted by Crippen LogP contribution is -2.55. The van der Waals surface area contributed by atoms with E-state index in [1.165, 1.54) is 0 Å². The van der Waals surface area contributed by atoms with Gasteiger partial charge in [0, 0.05) is 38.8 Å². The van der Waals surface area contributed by atoms with Gasteiger partial charge in [0.15, 0.2) is 0 Å². The summed E-state index contributed by atoms with van der Waals surface area (Å²) in [5, 5.41) is 8.70. The van der Waals surface area contributed by atoms with E-state index in [-0.39, 0.29) is 6.10 Å². The molecule has 0 aromatic rings. The van der Waals surface area contributed by atoms with Crippen molar-refractivity contribution in [2.24, 2.45) is 5.92 Å². The summed E-state index contributed by atoms with van der Waals surface area (Å²) in [5.41, 5.74) is 0. The Balaban J connectivity index is 1.67. The van der Waals surface area contributed by atoms with Crippen molar-refractivity contribution >= 4 is 5.97 Å². The van der Waals surface area contributed by atoms with Crippen molar-refractivity contribution < 1.29 is 14.6 Å². The first-order chi connectivity index (χ1) is 8.54. The maximum absolute atomic E-state index is 10.6. The van der Waals surface area contributed by atoms with Crippen LogP contribution in [0.15, 0.2) is 0 Å². The van der Waals surface area contributed by atoms with E-state index in [0.717, 1.165) is 39.3 Å². The molecule has 18 heavy (non-hydrogen) atoms. The van der Waals surface area contributed by atoms with Gasteiger partial charge in [0.1, 0.15) is 0 Å². The zero-order valence-corrected chi connectivity index (χ0v) is 11.3. The van der Waals surface area contributed by atoms with E-state index in [1.54, 1.807) is 0 Å². The number of carboxylic acid groups (broad SMARTS) is 1. The van der Waals surface area contributed by atoms with Gasteiger partial charge in [-0.1, -0.05) is 0 Å². The largest absolute Gasteiger partial charge is 0.481 e. The van der Waals surface area contributed by atoms with E-state index in [1.807, 2.05) is 0 Å². The Kier molecular flexibility index (Phi) is 4.59. The lowest BCUT2D eigenvalue weighted by Gasteiger charge is -2.43. The maximum atomic E-state index is 10.6. The Morgan fingerprint density at radius 3 is 2.72 bits per heavy atom. The highest BCUT2D eigenvalue weighted by atomic mass is 16.5. The Bertz CT molecular complexity index is 290. The third kappa shape index (κ3) is 3.67. The molecule has 5 nitrogen and oxygen atoms in total. The SMILES string of the molecule is CC(C)N1CCOC(CN2CC(CC(=O)O)C2)C1. The second-order valence-electron chi connectivity index (χ2n) is 5.76. The second kappa shape index (κ2) is 5.99. The van der Waals surface area contributed by atoms with Crippen LogP contribution in [0.1, 0.15) is 20.3 Å². The molecule has 0 aliphatic carbocycles. The zero-order chi connectivity index (χ0) is 13.1. The molecule has 2 saturated heterocycles. The monoisotopic (exact) mass is 256 g/mol. The van der Waals surface area contributed by atoms with Crippen LogP contribution >= 0.6 is 0 Å². The molecule has 1 N–H and O–H groups in total. The van der Waals surface area contributed by atoms with Gasteiger partial charge in [-0.3, -0.25) is 9.69 Å². The van der Waals surface area contributed by atoms with Crippen LogP contribution in [0.3, 0.4) is 0 Å². The summed E-state index contributed by atoms with van der Waals surface area (Å²) in [5.74, 6) is -0.341. The molecule has 0 spiro atoms. The zero-order valence-electron chi connectivity index (χ0n) is 11.3. The molecule has 2 aliphatic heterocycles. The number of carbonyl (C=O) groups is 1. The van der Waals surface area contributed by atoms with E-state index in [2.05, 4.69) is 23.6 Å². The highest BCUT2D eigenvalue weighted by Gasteiger charge is 2.32. The molecule has 2 aliphatic rings. The summed E-state index contributed by atoms with van der Waals surface area (Å²) in [6.45, 7) is 10.0. The Morgan fingerprint density at radius 1 is 1.39 bits per heavy atom. The number of ether oxygens (including phenoxy) is 1. The summed E-state index contributed by atoms with van der Waals surface area (Å²) < 4.78 is 5.78. The van der Waals surface area contributed by atoms with Crippen LogP contribution in [-0.4, -0.2) is 72.4 Å². The number of likely N-dealkylation sites (tertiary alicyclic amines) is 1. The van der Waals surface area contributed by atoms with Crippen LogP contribution in [0.25, 0.3) is 0 Å². The lowest BCUT2D eigenvalue weighted by atomic mass is 9.96. The molecule has 0 amide bonds. The van der Waals surface area contributed by atoms with Gasteiger partial charge >= 0.3 is 5.97 Å². The predicted octanol–water partition coefficient (Wildman–Crippen LogP) is 0.502. The number of morpholine rings is 1. The van der Waals surface area contributed by atoms with E-state index < -0.39 is 5.97 Å². The Hall–Kier alpha value is -0.650. The molecule has 0 aromatic carbocycles. The van der Waals surface area contributed by atoms with Crippen molar-refractivity contribution in [2.45, 2.75) is 32.4 Å². The number of nitrogens with zero attached hydrogens (tertiary/aromatic N) is 2. The molecule has 1 unspecified atom stereocenters. The number of carboxylic acids is 1. The molecule has 5 heteroatoms. The fraction of sp³-hybridized carbons (Fsp3) is 0.923. The van der Waals surface area contributed by atoms with Gasteiger partial charge in [0.2, 0.25) is 0 Å². The van der Waals surface area contributed by atoms with Crippen molar-refractivity contribution in [1.82, 2.24) is 9.80 Å². The Morgan fingerprint density at radius 2 is 2.11 bits per heavy atom. The van der Waals surface area contributed by atoms with Crippen LogP contribution in [0.2, 0.25) is 0 Å². The number of hydrogen-bond donors (Lipinski definition) is 1. The maximum Gasteiger partial charge on any atom is 0.303 e. The Labute approximate surface area is 109 Å². The second-order valence-corrected chi connectivity index (χ2v) is 5.76. The molecule has 2 fully saturated rings. The molecule has 0 aromatic heterocycles. The van der Waals surface area contributed by atoms with Crippen molar-refractivity contribution in [1.29, 1.82) is 0 Å². The number of rotatable bonds is 5. The molecule has 2 rings (SSSR count). The summed E-state index contributed by atoms with van der Waals surface area (Å²) in [6.07, 6.45) is 0.590. The van der Waals surface area contributed by atoms with Gasteiger partial charge in [-0.2, -0.15) is 0 Å². The van der Waals surface area contributed by atoms with Gasteiger partial charge in [0.25, 0.3) is 0 Å². The standard InChI is InChI=1S/C13H24N2O3/c1-10(2)15-3-4-18-12(9-15)8-14-6-11(7-14)5-13(16)17/h10-12H,3-9H2,1-2H3,(H,16,17). The fourth-order valence-corrected chi connectivity index (χ4v) is 2.81. The molecule has 2 heterocycles. The minimum atomic E-state index is -0.681. The minimum Gasteiger partial charge on any atom is -0.481 e. The van der Waals surface area contributed by atoms with Crippen LogP contribution in [0.4, 0.5) is 0 Å². The first-order valence-electron chi connectivity index (χ1n) is 6.84. The minimum absolute atomic E-state index is 0.284. The molecule has 0 bridgehead atoms. The van der Waals surface area contributed by atoms with E-state index in [4.69, 9.17) is 9.84 Å². The highest BCUT2D eigenvalue weighted by molar-refractivity contribution is 5.67. The topological polar surface area (TPSA) is 53.0 Å². The number of hydrogen-bond acceptors (Lipinski definition) is 4. The third-order valence-corrected chi connectivity index (χ3v) is 3.86. The summed E-state index contributed by atoms with van der Waals surface area (Å²) in [4.78, 5) is 15.3. The fourth-order valence-electron chi connectivity index (χ4n) is 2.81. The average molecular weight is 256 g/mol. The van der Waals surface area contributed by atoms with E-state index in [9.17, 15) is 4.79 Å². The molecule has 0 saturated carbocycles.